The lowest BCUT2D eigenvalue weighted by Crippen LogP contribution is -2.48. The van der Waals surface area contributed by atoms with E-state index in [1.807, 2.05) is 0 Å². The number of benzene rings is 8. The Bertz CT molecular complexity index is 6750. The van der Waals surface area contributed by atoms with Crippen LogP contribution in [0.4, 0.5) is 43.9 Å². The minimum absolute atomic E-state index is 0.0776. The monoisotopic (exact) mass is 1540 g/mol. The molecule has 0 spiro atoms. The van der Waals surface area contributed by atoms with Crippen LogP contribution in [0.15, 0.2) is 201 Å². The summed E-state index contributed by atoms with van der Waals surface area (Å²) in [7, 11) is -6.34. The van der Waals surface area contributed by atoms with Gasteiger partial charge < -0.3 is 38.2 Å². The van der Waals surface area contributed by atoms with Crippen molar-refractivity contribution in [2.45, 2.75) is 111 Å². The van der Waals surface area contributed by atoms with Crippen molar-refractivity contribution in [1.29, 1.82) is 0 Å². The Balaban J connectivity index is 0.000000275. The van der Waals surface area contributed by atoms with Crippen molar-refractivity contribution in [3.63, 3.8) is 0 Å². The van der Waals surface area contributed by atoms with Crippen molar-refractivity contribution in [2.24, 2.45) is 0 Å². The standard InChI is InChI=1S/2C41H40F5N3O3S/c2*1-27-6-15-36-34(22-27)37(50)23-39(53-26-31-4-3-5-35(42)40(31)43)49(36)25-38(51)48(33-16-18-47(19-17-33)20-21-52-2)24-28-7-9-29(10-8-28)30-11-13-32(14-12-30)41(44,45)46/h2*3-15,22-23,33H,16-21,24-26H2,1-2H3/i2D3,6D,15D,16D2,17D2,18D2,19D2,22D,23D,25D2,26D2,33D;2D3,6D,15D,16D2,17D2,18D2,19D2,22D,23D,25D2,33D. The highest BCUT2D eigenvalue weighted by molar-refractivity contribution is 7.98. The number of piperidine rings is 2. The number of amides is 2. The summed E-state index contributed by atoms with van der Waals surface area (Å²) in [6.07, 6.45) is -26.4. The van der Waals surface area contributed by atoms with Gasteiger partial charge in [-0.3, -0.25) is 19.2 Å². The molecule has 10 aromatic rings. The quantitative estimate of drug-likeness (QED) is 0.0428. The summed E-state index contributed by atoms with van der Waals surface area (Å²) in [6.45, 7) is -29.4. The van der Waals surface area contributed by atoms with Gasteiger partial charge in [0, 0.05) is 148 Å². The van der Waals surface area contributed by atoms with Gasteiger partial charge in [0.2, 0.25) is 11.8 Å². The van der Waals surface area contributed by atoms with Crippen LogP contribution in [0.5, 0.6) is 0 Å². The first-order chi connectivity index (χ1) is 65.5. The average Bonchev–Trinajstić information content (AvgIpc) is 0.665. The molecule has 106 heavy (non-hydrogen) atoms. The molecule has 2 amide bonds. The van der Waals surface area contributed by atoms with Gasteiger partial charge in [0.1, 0.15) is 13.0 Å². The number of hydrogen-bond donors (Lipinski definition) is 0. The van der Waals surface area contributed by atoms with Crippen molar-refractivity contribution in [3.8, 4) is 22.3 Å². The van der Waals surface area contributed by atoms with Crippen LogP contribution in [0, 0.1) is 37.1 Å². The van der Waals surface area contributed by atoms with E-state index in [9.17, 15) is 63.9 Å². The predicted octanol–water partition coefficient (Wildman–Crippen LogP) is 17.4. The fourth-order valence-corrected chi connectivity index (χ4v) is 11.7. The molecule has 8 aromatic carbocycles. The van der Waals surface area contributed by atoms with E-state index >= 15 is 18.4 Å². The van der Waals surface area contributed by atoms with E-state index in [0.29, 0.717) is 6.07 Å². The molecule has 2 aromatic heterocycles. The Morgan fingerprint density at radius 1 is 0.538 bits per heavy atom. The number of hydrogen-bond acceptors (Lipinski definition) is 10. The van der Waals surface area contributed by atoms with E-state index in [0.717, 1.165) is 117 Å². The second kappa shape index (κ2) is 35.1. The van der Waals surface area contributed by atoms with Crippen LogP contribution >= 0.6 is 23.5 Å². The molecule has 2 saturated heterocycles. The lowest BCUT2D eigenvalue weighted by atomic mass is 10.00. The summed E-state index contributed by atoms with van der Waals surface area (Å²) in [5.74, 6) is -11.5. The van der Waals surface area contributed by atoms with Gasteiger partial charge in [-0.15, -0.1) is 23.5 Å². The van der Waals surface area contributed by atoms with Crippen LogP contribution in [-0.4, -0.2) is 119 Å². The van der Waals surface area contributed by atoms with Crippen LogP contribution in [-0.2, 0) is 69.0 Å². The number of aromatic nitrogens is 2. The van der Waals surface area contributed by atoms with Gasteiger partial charge >= 0.3 is 12.4 Å². The number of carbonyl (C=O) groups is 2. The Morgan fingerprint density at radius 3 is 1.31 bits per heavy atom. The van der Waals surface area contributed by atoms with E-state index in [4.69, 9.17) is 32.9 Å². The summed E-state index contributed by atoms with van der Waals surface area (Å²) in [5, 5.41) is -4.26. The summed E-state index contributed by atoms with van der Waals surface area (Å²) in [6, 6.07) is 4.94. The SMILES string of the molecule is [2H]c1c(C)c([2H])c2c(=O)c([2H])c(SC([2H])([2H])c3cccc(F)c3F)n(C([2H])([2H])C(=O)N(Cc3ccc(-c4ccc(C(F)(F)F)cc4)cc3)C3([2H])C([2H])([2H])C([2H])([2H])N(CCOC([2H])([2H])[2H])C([2H])([2H])C3([2H])[2H])c2c1[2H].[2H]c1c(C)c([2H])c2c(=O)c([2H])c(SCc3cccc(F)c3F)n(C([2H])([2H])C(=O)N(Cc3ccc(-c4ccc(C(F)(F)F)cc4)cc3)C3([2H])C([2H])([2H])C([2H])([2H])N(CCOC([2H])([2H])[2H])C([2H])([2H])C3([2H])[2H])c2c1[2H]. The molecule has 0 N–H and O–H groups in total. The molecule has 0 atom stereocenters. The molecule has 2 aliphatic rings. The van der Waals surface area contributed by atoms with E-state index in [-0.39, 0.29) is 79.4 Å². The summed E-state index contributed by atoms with van der Waals surface area (Å²) >= 11 is -0.192. The number of methoxy groups -OCH3 is 2. The number of ether oxygens (including phenoxy) is 2. The van der Waals surface area contributed by atoms with Crippen LogP contribution in [0.2, 0.25) is 0 Å². The fraction of sp³-hybridized carbons (Fsp3) is 0.317. The minimum Gasteiger partial charge on any atom is -0.383 e. The second-order valence-corrected chi connectivity index (χ2v) is 24.4. The molecule has 556 valence electrons. The zero-order chi connectivity index (χ0) is 109. The van der Waals surface area contributed by atoms with Crippen molar-refractivity contribution < 1.29 is 115 Å². The lowest BCUT2D eigenvalue weighted by molar-refractivity contribution is -0.138. The van der Waals surface area contributed by atoms with Crippen LogP contribution in [0.25, 0.3) is 44.1 Å². The van der Waals surface area contributed by atoms with E-state index in [1.54, 1.807) is 0 Å². The smallest absolute Gasteiger partial charge is 0.383 e. The predicted molar refractivity (Wildman–Crippen MR) is 395 cm³/mol. The topological polar surface area (TPSA) is 110 Å². The molecule has 2 fully saturated rings. The number of thioether (sulfide) groups is 2. The first kappa shape index (κ1) is 42.5. The number of carbonyl (C=O) groups excluding carboxylic acids is 2. The van der Waals surface area contributed by atoms with Crippen molar-refractivity contribution >= 4 is 57.1 Å². The van der Waals surface area contributed by atoms with Gasteiger partial charge in [-0.1, -0.05) is 120 Å². The number of fused-ring (bicyclic) bond motifs is 2. The number of alkyl halides is 6. The highest BCUT2D eigenvalue weighted by Crippen LogP contribution is 2.36. The maximum atomic E-state index is 15.6. The van der Waals surface area contributed by atoms with Crippen LogP contribution in [0.3, 0.4) is 0 Å². The fourth-order valence-electron chi connectivity index (χ4n) is 10.0. The molecule has 24 heteroatoms. The molecule has 12 rings (SSSR count). The van der Waals surface area contributed by atoms with Gasteiger partial charge in [-0.05, 0) is 133 Å². The minimum atomic E-state index is -4.71. The Kier molecular flexibility index (Phi) is 14.1. The third-order valence-corrected chi connectivity index (χ3v) is 17.2. The third-order valence-electron chi connectivity index (χ3n) is 15.4. The summed E-state index contributed by atoms with van der Waals surface area (Å²) < 4.78 is 484. The van der Waals surface area contributed by atoms with Gasteiger partial charge in [0.15, 0.2) is 34.1 Å². The van der Waals surface area contributed by atoms with Crippen molar-refractivity contribution in [1.82, 2.24) is 28.7 Å². The number of likely N-dealkylation sites (tertiary alicyclic amines) is 2. The lowest BCUT2D eigenvalue weighted by Gasteiger charge is -2.39. The summed E-state index contributed by atoms with van der Waals surface area (Å²) in [4.78, 5) is 58.5. The largest absolute Gasteiger partial charge is 0.416 e. The van der Waals surface area contributed by atoms with E-state index in [1.165, 1.54) is 24.3 Å². The number of rotatable bonds is 24. The van der Waals surface area contributed by atoms with Crippen LogP contribution in [0.1, 0.15) is 122 Å². The Hall–Kier alpha value is -9.04. The van der Waals surface area contributed by atoms with E-state index < -0.39 is 320 Å². The van der Waals surface area contributed by atoms with Gasteiger partial charge in [0.05, 0.1) is 72.8 Å². The zero-order valence-corrected chi connectivity index (χ0v) is 56.5. The van der Waals surface area contributed by atoms with Gasteiger partial charge in [0.25, 0.3) is 0 Å². The van der Waals surface area contributed by atoms with Crippen molar-refractivity contribution in [2.75, 3.05) is 66.4 Å². The molecule has 12 nitrogen and oxygen atoms in total. The maximum absolute atomic E-state index is 15.6. The number of halogens is 10. The molecule has 2 aliphatic heterocycles. The number of pyridine rings is 2. The molecule has 0 aliphatic carbocycles. The molecule has 0 saturated carbocycles. The van der Waals surface area contributed by atoms with Gasteiger partial charge in [-0.2, -0.15) is 26.3 Å². The molecule has 0 radical (unpaired) electrons. The third kappa shape index (κ3) is 19.6. The highest BCUT2D eigenvalue weighted by Gasteiger charge is 2.34. The zero-order valence-electron chi connectivity index (χ0n) is 92.9. The summed E-state index contributed by atoms with van der Waals surface area (Å²) in [5.41, 5.74) is -12.6. The highest BCUT2D eigenvalue weighted by atomic mass is 32.2. The van der Waals surface area contributed by atoms with E-state index in [2.05, 4.69) is 9.47 Å². The maximum Gasteiger partial charge on any atom is 0.416 e. The second-order valence-electron chi connectivity index (χ2n) is 22.6. The Morgan fingerprint density at radius 2 is 0.915 bits per heavy atom. The number of nitrogens with zero attached hydrogens (tertiary/aromatic N) is 6. The molecular formula is C82H80F10N6O6S2. The normalized spacial score (nSPS) is 24.5. The first-order valence-corrected chi connectivity index (χ1v) is 32.9. The molecule has 0 unspecified atom stereocenters. The Labute approximate surface area is 669 Å². The van der Waals surface area contributed by atoms with Crippen LogP contribution < -0.4 is 10.9 Å². The van der Waals surface area contributed by atoms with Gasteiger partial charge in [-0.25, -0.2) is 17.6 Å². The molecule has 4 heterocycles. The first-order valence-electron chi connectivity index (χ1n) is 50.1. The average molecular weight is 1540 g/mol. The molecular weight excluding hydrogens is 1420 g/mol. The molecule has 0 bridgehead atoms. The van der Waals surface area contributed by atoms with Crippen molar-refractivity contribution in [3.05, 3.63) is 270 Å².